The number of aromatic nitrogens is 1. The van der Waals surface area contributed by atoms with Crippen LogP contribution in [0.4, 0.5) is 10.1 Å². The first-order chi connectivity index (χ1) is 16.1. The van der Waals surface area contributed by atoms with E-state index in [1.54, 1.807) is 6.07 Å². The zero-order chi connectivity index (χ0) is 23.2. The molecule has 1 aliphatic heterocycles. The number of nitrogens with zero attached hydrogens (tertiary/aromatic N) is 4. The molecule has 0 radical (unpaired) electrons. The van der Waals surface area contributed by atoms with Crippen molar-refractivity contribution < 1.29 is 9.13 Å². The van der Waals surface area contributed by atoms with Crippen LogP contribution in [-0.4, -0.2) is 36.1 Å². The highest BCUT2D eigenvalue weighted by atomic mass is 35.5. The Labute approximate surface area is 199 Å². The zero-order valence-electron chi connectivity index (χ0n) is 18.5. The Kier molecular flexibility index (Phi) is 7.43. The van der Waals surface area contributed by atoms with E-state index < -0.39 is 0 Å². The van der Waals surface area contributed by atoms with Gasteiger partial charge in [-0.25, -0.2) is 4.39 Å². The number of hydrogen-bond donors (Lipinski definition) is 0. The number of pyridine rings is 1. The lowest BCUT2D eigenvalue weighted by Gasteiger charge is -2.43. The highest BCUT2D eigenvalue weighted by Gasteiger charge is 2.30. The van der Waals surface area contributed by atoms with E-state index in [1.807, 2.05) is 42.5 Å². The summed E-state index contributed by atoms with van der Waals surface area (Å²) in [6.07, 6.45) is 2.16. The quantitative estimate of drug-likeness (QED) is 0.455. The number of hydrogen-bond acceptors (Lipinski definition) is 5. The Hall–Kier alpha value is -3.14. The van der Waals surface area contributed by atoms with Crippen LogP contribution in [0, 0.1) is 17.1 Å². The summed E-state index contributed by atoms with van der Waals surface area (Å²) in [5, 5.41) is 10.5. The number of anilines is 1. The van der Waals surface area contributed by atoms with Gasteiger partial charge in [0.2, 0.25) is 0 Å². The minimum atomic E-state index is -0.335. The summed E-state index contributed by atoms with van der Waals surface area (Å²) in [4.78, 5) is 8.80. The van der Waals surface area contributed by atoms with Crippen LogP contribution in [0.2, 0.25) is 5.02 Å². The molecule has 0 aliphatic carbocycles. The highest BCUT2D eigenvalue weighted by molar-refractivity contribution is 6.30. The van der Waals surface area contributed by atoms with Crippen LogP contribution in [-0.2, 0) is 6.54 Å². The Bertz CT molecular complexity index is 1110. The van der Waals surface area contributed by atoms with E-state index in [-0.39, 0.29) is 11.9 Å². The van der Waals surface area contributed by atoms with Crippen molar-refractivity contribution in [3.05, 3.63) is 88.5 Å². The first-order valence-corrected chi connectivity index (χ1v) is 11.5. The van der Waals surface area contributed by atoms with Crippen LogP contribution in [0.25, 0.3) is 0 Å². The molecule has 4 rings (SSSR count). The molecule has 0 unspecified atom stereocenters. The number of nitriles is 1. The monoisotopic (exact) mass is 464 g/mol. The topological polar surface area (TPSA) is 52.4 Å². The molecule has 1 saturated heterocycles. The van der Waals surface area contributed by atoms with Gasteiger partial charge in [0.25, 0.3) is 0 Å². The highest BCUT2D eigenvalue weighted by Crippen LogP contribution is 2.35. The molecule has 0 amide bonds. The third kappa shape index (κ3) is 5.62. The van der Waals surface area contributed by atoms with Gasteiger partial charge in [0, 0.05) is 31.2 Å². The summed E-state index contributed by atoms with van der Waals surface area (Å²) in [5.74, 6) is 0.374. The summed E-state index contributed by atoms with van der Waals surface area (Å²) < 4.78 is 19.0. The van der Waals surface area contributed by atoms with E-state index >= 15 is 0 Å². The van der Waals surface area contributed by atoms with Crippen LogP contribution < -0.4 is 9.64 Å². The SMILES string of the molecule is CCCOc1ccc(N2CCN(Cc3ccc(F)cn3)C[C@H]2c2ccc(Cl)cc2)c(C#N)c1. The fourth-order valence-corrected chi connectivity index (χ4v) is 4.26. The van der Waals surface area contributed by atoms with Crippen molar-refractivity contribution in [3.63, 3.8) is 0 Å². The molecule has 0 saturated carbocycles. The van der Waals surface area contributed by atoms with E-state index in [2.05, 4.69) is 27.8 Å². The lowest BCUT2D eigenvalue weighted by Crippen LogP contribution is -2.48. The summed E-state index contributed by atoms with van der Waals surface area (Å²) in [5.41, 5.74) is 3.43. The number of benzene rings is 2. The second-order valence-corrected chi connectivity index (χ2v) is 8.54. The van der Waals surface area contributed by atoms with Crippen molar-refractivity contribution >= 4 is 17.3 Å². The molecule has 7 heteroatoms. The van der Waals surface area contributed by atoms with Crippen molar-refractivity contribution in [3.8, 4) is 11.8 Å². The van der Waals surface area contributed by atoms with E-state index in [1.165, 1.54) is 12.3 Å². The smallest absolute Gasteiger partial charge is 0.141 e. The third-order valence-corrected chi connectivity index (χ3v) is 6.02. The number of ether oxygens (including phenoxy) is 1. The van der Waals surface area contributed by atoms with Crippen molar-refractivity contribution in [2.45, 2.75) is 25.9 Å². The molecular formula is C26H26ClFN4O. The first-order valence-electron chi connectivity index (χ1n) is 11.1. The molecular weight excluding hydrogens is 439 g/mol. The predicted octanol–water partition coefficient (Wildman–Crippen LogP) is 5.60. The molecule has 1 atom stereocenters. The van der Waals surface area contributed by atoms with Gasteiger partial charge in [-0.3, -0.25) is 9.88 Å². The summed E-state index contributed by atoms with van der Waals surface area (Å²) in [6.45, 7) is 5.57. The normalized spacial score (nSPS) is 16.4. The average molecular weight is 465 g/mol. The second-order valence-electron chi connectivity index (χ2n) is 8.10. The van der Waals surface area contributed by atoms with Crippen molar-refractivity contribution in [2.75, 3.05) is 31.1 Å². The minimum absolute atomic E-state index is 0.0194. The summed E-state index contributed by atoms with van der Waals surface area (Å²) in [7, 11) is 0. The molecule has 1 aromatic heterocycles. The summed E-state index contributed by atoms with van der Waals surface area (Å²) >= 11 is 6.14. The predicted molar refractivity (Wildman–Crippen MR) is 128 cm³/mol. The number of halogens is 2. The Morgan fingerprint density at radius 1 is 1.15 bits per heavy atom. The molecule has 1 aliphatic rings. The van der Waals surface area contributed by atoms with Crippen molar-refractivity contribution in [1.82, 2.24) is 9.88 Å². The van der Waals surface area contributed by atoms with Gasteiger partial charge < -0.3 is 9.64 Å². The largest absolute Gasteiger partial charge is 0.494 e. The molecule has 2 heterocycles. The Morgan fingerprint density at radius 2 is 1.97 bits per heavy atom. The van der Waals surface area contributed by atoms with E-state index in [0.717, 1.165) is 43.0 Å². The van der Waals surface area contributed by atoms with Gasteiger partial charge in [-0.2, -0.15) is 5.26 Å². The Balaban J connectivity index is 1.62. The van der Waals surface area contributed by atoms with Crippen LogP contribution in [0.3, 0.4) is 0 Å². The van der Waals surface area contributed by atoms with Gasteiger partial charge in [0.1, 0.15) is 17.6 Å². The maximum absolute atomic E-state index is 13.3. The Morgan fingerprint density at radius 3 is 2.67 bits per heavy atom. The van der Waals surface area contributed by atoms with E-state index in [4.69, 9.17) is 16.3 Å². The molecule has 170 valence electrons. The number of piperazine rings is 1. The molecule has 33 heavy (non-hydrogen) atoms. The minimum Gasteiger partial charge on any atom is -0.494 e. The van der Waals surface area contributed by atoms with Crippen LogP contribution in [0.1, 0.15) is 36.2 Å². The summed E-state index contributed by atoms with van der Waals surface area (Å²) in [6, 6.07) is 19.1. The zero-order valence-corrected chi connectivity index (χ0v) is 19.3. The first kappa shape index (κ1) is 23.0. The van der Waals surface area contributed by atoms with Crippen LogP contribution in [0.5, 0.6) is 5.75 Å². The van der Waals surface area contributed by atoms with Gasteiger partial charge in [0.05, 0.1) is 35.8 Å². The van der Waals surface area contributed by atoms with Gasteiger partial charge in [-0.05, 0) is 54.4 Å². The second kappa shape index (κ2) is 10.7. The standard InChI is InChI=1S/C26H26ClFN4O/c1-2-13-33-24-9-10-25(20(14-24)15-29)32-12-11-31(17-23-8-7-22(28)16-30-23)18-26(32)19-3-5-21(27)6-4-19/h3-10,14,16,26H,2,11-13,17-18H2,1H3/t26-/m0/s1. The maximum Gasteiger partial charge on any atom is 0.141 e. The van der Waals surface area contributed by atoms with Crippen molar-refractivity contribution in [1.29, 1.82) is 5.26 Å². The maximum atomic E-state index is 13.3. The molecule has 5 nitrogen and oxygen atoms in total. The van der Waals surface area contributed by atoms with Gasteiger partial charge in [-0.15, -0.1) is 0 Å². The van der Waals surface area contributed by atoms with Gasteiger partial charge in [-0.1, -0.05) is 30.7 Å². The van der Waals surface area contributed by atoms with Crippen LogP contribution >= 0.6 is 11.6 Å². The van der Waals surface area contributed by atoms with Crippen LogP contribution in [0.15, 0.2) is 60.8 Å². The molecule has 0 N–H and O–H groups in total. The van der Waals surface area contributed by atoms with Gasteiger partial charge in [0.15, 0.2) is 0 Å². The fourth-order valence-electron chi connectivity index (χ4n) is 4.14. The average Bonchev–Trinajstić information content (AvgIpc) is 2.84. The van der Waals surface area contributed by atoms with E-state index in [0.29, 0.717) is 29.5 Å². The molecule has 2 aromatic carbocycles. The lowest BCUT2D eigenvalue weighted by molar-refractivity contribution is 0.213. The van der Waals surface area contributed by atoms with Gasteiger partial charge >= 0.3 is 0 Å². The van der Waals surface area contributed by atoms with E-state index in [9.17, 15) is 9.65 Å². The fraction of sp³-hybridized carbons (Fsp3) is 0.308. The molecule has 3 aromatic rings. The lowest BCUT2D eigenvalue weighted by atomic mass is 9.99. The molecule has 0 spiro atoms. The van der Waals surface area contributed by atoms with Crippen molar-refractivity contribution in [2.24, 2.45) is 0 Å². The third-order valence-electron chi connectivity index (χ3n) is 5.76. The molecule has 0 bridgehead atoms. The number of rotatable bonds is 7. The molecule has 1 fully saturated rings.